The van der Waals surface area contributed by atoms with E-state index in [1.165, 1.54) is 13.2 Å². The van der Waals surface area contributed by atoms with Crippen molar-refractivity contribution in [2.75, 3.05) is 12.8 Å². The number of hydrogen-bond donors (Lipinski definition) is 1. The van der Waals surface area contributed by atoms with Crippen molar-refractivity contribution >= 4 is 16.5 Å². The lowest BCUT2D eigenvalue weighted by Gasteiger charge is -2.15. The zero-order chi connectivity index (χ0) is 14.6. The molecule has 104 valence electrons. The van der Waals surface area contributed by atoms with E-state index in [0.717, 1.165) is 16.3 Å². The van der Waals surface area contributed by atoms with Gasteiger partial charge in [-0.1, -0.05) is 33.8 Å². The molecule has 2 nitrogen and oxygen atoms in total. The van der Waals surface area contributed by atoms with E-state index in [1.54, 1.807) is 6.07 Å². The smallest absolute Gasteiger partial charge is 0.165 e. The molecule has 0 aliphatic carbocycles. The SMILES string of the molecule is CC.COc1c(F)ccc2cc(N)cc(C(C)C)c12. The van der Waals surface area contributed by atoms with E-state index in [0.29, 0.717) is 11.4 Å². The first-order valence-electron chi connectivity index (χ1n) is 6.60. The van der Waals surface area contributed by atoms with Crippen molar-refractivity contribution in [3.05, 3.63) is 35.6 Å². The number of fused-ring (bicyclic) bond motifs is 1. The van der Waals surface area contributed by atoms with E-state index >= 15 is 0 Å². The number of methoxy groups -OCH3 is 1. The Bertz CT molecular complexity index is 564. The number of halogens is 1. The van der Waals surface area contributed by atoms with Gasteiger partial charge >= 0.3 is 0 Å². The van der Waals surface area contributed by atoms with Crippen LogP contribution in [0.3, 0.4) is 0 Å². The Morgan fingerprint density at radius 1 is 1.16 bits per heavy atom. The minimum absolute atomic E-state index is 0.261. The lowest BCUT2D eigenvalue weighted by molar-refractivity contribution is 0.391. The highest BCUT2D eigenvalue weighted by molar-refractivity contribution is 5.94. The lowest BCUT2D eigenvalue weighted by atomic mass is 9.94. The second-order valence-corrected chi connectivity index (χ2v) is 4.44. The third kappa shape index (κ3) is 2.98. The standard InChI is InChI=1S/C14H16FNO.C2H6/c1-8(2)11-7-10(16)6-9-4-5-12(15)14(17-3)13(9)11;1-2/h4-8H,16H2,1-3H3;1-2H3. The van der Waals surface area contributed by atoms with Crippen LogP contribution in [-0.4, -0.2) is 7.11 Å². The number of hydrogen-bond acceptors (Lipinski definition) is 2. The van der Waals surface area contributed by atoms with Gasteiger partial charge in [0.2, 0.25) is 0 Å². The summed E-state index contributed by atoms with van der Waals surface area (Å²) in [4.78, 5) is 0. The maximum atomic E-state index is 13.7. The second-order valence-electron chi connectivity index (χ2n) is 4.44. The number of nitrogens with two attached hydrogens (primary N) is 1. The predicted molar refractivity (Wildman–Crippen MR) is 80.3 cm³/mol. The highest BCUT2D eigenvalue weighted by Gasteiger charge is 2.14. The maximum absolute atomic E-state index is 13.7. The van der Waals surface area contributed by atoms with E-state index in [2.05, 4.69) is 13.8 Å². The second kappa shape index (κ2) is 6.41. The Hall–Kier alpha value is -1.77. The molecular weight excluding hydrogens is 241 g/mol. The van der Waals surface area contributed by atoms with Gasteiger partial charge in [-0.2, -0.15) is 0 Å². The van der Waals surface area contributed by atoms with Gasteiger partial charge in [-0.15, -0.1) is 0 Å². The molecular formula is C16H22FNO. The van der Waals surface area contributed by atoms with Crippen molar-refractivity contribution < 1.29 is 9.13 Å². The predicted octanol–water partition coefficient (Wildman–Crippen LogP) is 4.72. The number of nitrogen functional groups attached to an aromatic ring is 1. The first-order chi connectivity index (χ1) is 9.04. The van der Waals surface area contributed by atoms with Gasteiger partial charge in [-0.3, -0.25) is 0 Å². The minimum atomic E-state index is -0.341. The van der Waals surface area contributed by atoms with Crippen LogP contribution in [0.1, 0.15) is 39.2 Å². The normalized spacial score (nSPS) is 10.3. The average Bonchev–Trinajstić information content (AvgIpc) is 2.40. The van der Waals surface area contributed by atoms with Crippen molar-refractivity contribution in [2.24, 2.45) is 0 Å². The molecule has 2 N–H and O–H groups in total. The van der Waals surface area contributed by atoms with E-state index in [4.69, 9.17) is 10.5 Å². The summed E-state index contributed by atoms with van der Waals surface area (Å²) in [6.07, 6.45) is 0. The Morgan fingerprint density at radius 3 is 2.32 bits per heavy atom. The van der Waals surface area contributed by atoms with Crippen molar-refractivity contribution in [3.8, 4) is 5.75 Å². The average molecular weight is 263 g/mol. The van der Waals surface area contributed by atoms with Crippen LogP contribution in [0, 0.1) is 5.82 Å². The number of benzene rings is 2. The molecule has 0 saturated carbocycles. The zero-order valence-corrected chi connectivity index (χ0v) is 12.3. The first kappa shape index (κ1) is 15.3. The summed E-state index contributed by atoms with van der Waals surface area (Å²) in [7, 11) is 1.48. The first-order valence-corrected chi connectivity index (χ1v) is 6.60. The fourth-order valence-corrected chi connectivity index (χ4v) is 2.12. The molecule has 0 aliphatic heterocycles. The molecule has 0 spiro atoms. The molecule has 2 aromatic rings. The largest absolute Gasteiger partial charge is 0.493 e. The molecule has 0 aliphatic rings. The van der Waals surface area contributed by atoms with Crippen LogP contribution >= 0.6 is 0 Å². The van der Waals surface area contributed by atoms with Crippen LogP contribution < -0.4 is 10.5 Å². The van der Waals surface area contributed by atoms with Gasteiger partial charge in [0.1, 0.15) is 0 Å². The minimum Gasteiger partial charge on any atom is -0.493 e. The maximum Gasteiger partial charge on any atom is 0.165 e. The molecule has 0 atom stereocenters. The molecule has 19 heavy (non-hydrogen) atoms. The Labute approximate surface area is 114 Å². The van der Waals surface area contributed by atoms with Crippen LogP contribution in [0.25, 0.3) is 10.8 Å². The third-order valence-electron chi connectivity index (χ3n) is 2.90. The summed E-state index contributed by atoms with van der Waals surface area (Å²) >= 11 is 0. The Morgan fingerprint density at radius 2 is 1.79 bits per heavy atom. The highest BCUT2D eigenvalue weighted by Crippen LogP contribution is 2.36. The van der Waals surface area contributed by atoms with E-state index in [-0.39, 0.29) is 11.7 Å². The lowest BCUT2D eigenvalue weighted by Crippen LogP contribution is -1.98. The monoisotopic (exact) mass is 263 g/mol. The third-order valence-corrected chi connectivity index (χ3v) is 2.90. The molecule has 2 aromatic carbocycles. The number of anilines is 1. The van der Waals surface area contributed by atoms with Crippen LogP contribution in [0.5, 0.6) is 5.75 Å². The quantitative estimate of drug-likeness (QED) is 0.796. The van der Waals surface area contributed by atoms with Gasteiger partial charge in [0.05, 0.1) is 7.11 Å². The number of rotatable bonds is 2. The van der Waals surface area contributed by atoms with E-state index < -0.39 is 0 Å². The van der Waals surface area contributed by atoms with Crippen LogP contribution in [0.15, 0.2) is 24.3 Å². The van der Waals surface area contributed by atoms with Crippen LogP contribution in [0.2, 0.25) is 0 Å². The molecule has 0 radical (unpaired) electrons. The fraction of sp³-hybridized carbons (Fsp3) is 0.375. The van der Waals surface area contributed by atoms with Crippen LogP contribution in [-0.2, 0) is 0 Å². The van der Waals surface area contributed by atoms with Gasteiger partial charge in [-0.25, -0.2) is 4.39 Å². The molecule has 0 saturated heterocycles. The van der Waals surface area contributed by atoms with E-state index in [1.807, 2.05) is 26.0 Å². The molecule has 0 heterocycles. The highest BCUT2D eigenvalue weighted by atomic mass is 19.1. The zero-order valence-electron chi connectivity index (χ0n) is 12.3. The van der Waals surface area contributed by atoms with Crippen molar-refractivity contribution in [3.63, 3.8) is 0 Å². The van der Waals surface area contributed by atoms with Crippen LogP contribution in [0.4, 0.5) is 10.1 Å². The summed E-state index contributed by atoms with van der Waals surface area (Å²) in [5.41, 5.74) is 7.56. The number of ether oxygens (including phenoxy) is 1. The van der Waals surface area contributed by atoms with Crippen molar-refractivity contribution in [1.82, 2.24) is 0 Å². The van der Waals surface area contributed by atoms with Gasteiger partial charge in [0.25, 0.3) is 0 Å². The Balaban J connectivity index is 0.000000861. The van der Waals surface area contributed by atoms with Gasteiger partial charge in [0, 0.05) is 11.1 Å². The summed E-state index contributed by atoms with van der Waals surface area (Å²) in [6.45, 7) is 8.11. The van der Waals surface area contributed by atoms with Crippen molar-refractivity contribution in [1.29, 1.82) is 0 Å². The summed E-state index contributed by atoms with van der Waals surface area (Å²) in [5.74, 6) is 0.217. The summed E-state index contributed by atoms with van der Waals surface area (Å²) in [6, 6.07) is 6.86. The molecule has 0 aromatic heterocycles. The van der Waals surface area contributed by atoms with Gasteiger partial charge < -0.3 is 10.5 Å². The molecule has 0 bridgehead atoms. The summed E-state index contributed by atoms with van der Waals surface area (Å²) < 4.78 is 18.9. The summed E-state index contributed by atoms with van der Waals surface area (Å²) in [5, 5.41) is 1.73. The molecule has 3 heteroatoms. The van der Waals surface area contributed by atoms with Crippen molar-refractivity contribution in [2.45, 2.75) is 33.6 Å². The Kier molecular flexibility index (Phi) is 5.16. The molecule has 2 rings (SSSR count). The van der Waals surface area contributed by atoms with Gasteiger partial charge in [0.15, 0.2) is 11.6 Å². The topological polar surface area (TPSA) is 35.2 Å². The van der Waals surface area contributed by atoms with E-state index in [9.17, 15) is 4.39 Å². The van der Waals surface area contributed by atoms with Gasteiger partial charge in [-0.05, 0) is 35.1 Å². The molecule has 0 fully saturated rings. The molecule has 0 amide bonds. The molecule has 0 unspecified atom stereocenters. The fourth-order valence-electron chi connectivity index (χ4n) is 2.12.